The second kappa shape index (κ2) is 5.76. The second-order valence-corrected chi connectivity index (χ2v) is 7.27. The lowest BCUT2D eigenvalue weighted by molar-refractivity contribution is 0.0653. The number of halogens is 2. The van der Waals surface area contributed by atoms with Gasteiger partial charge in [0.25, 0.3) is 5.91 Å². The second-order valence-electron chi connectivity index (χ2n) is 5.40. The van der Waals surface area contributed by atoms with E-state index in [9.17, 15) is 9.90 Å². The van der Waals surface area contributed by atoms with Crippen molar-refractivity contribution in [3.05, 3.63) is 33.1 Å². The number of aliphatic hydroxyl groups is 1. The van der Waals surface area contributed by atoms with E-state index in [0.717, 1.165) is 16.5 Å². The average molecular weight is 344 g/mol. The van der Waals surface area contributed by atoms with Crippen LogP contribution in [-0.2, 0) is 0 Å². The Morgan fingerprint density at radius 3 is 2.95 bits per heavy atom. The van der Waals surface area contributed by atoms with Crippen molar-refractivity contribution in [1.82, 2.24) is 4.90 Å². The number of thiophene rings is 1. The van der Waals surface area contributed by atoms with Gasteiger partial charge in [0.2, 0.25) is 0 Å². The normalized spacial score (nSPS) is 22.2. The average Bonchev–Trinajstić information content (AvgIpc) is 2.98. The van der Waals surface area contributed by atoms with Gasteiger partial charge in [-0.2, -0.15) is 0 Å². The molecular weight excluding hydrogens is 329 g/mol. The summed E-state index contributed by atoms with van der Waals surface area (Å²) in [6, 6.07) is 5.30. The van der Waals surface area contributed by atoms with E-state index in [0.29, 0.717) is 27.4 Å². The third kappa shape index (κ3) is 2.55. The molecule has 1 aliphatic rings. The summed E-state index contributed by atoms with van der Waals surface area (Å²) in [5, 5.41) is 11.5. The molecule has 21 heavy (non-hydrogen) atoms. The fourth-order valence-electron chi connectivity index (χ4n) is 2.85. The Morgan fingerprint density at radius 2 is 2.24 bits per heavy atom. The molecule has 6 heteroatoms. The minimum Gasteiger partial charge on any atom is -0.394 e. The monoisotopic (exact) mass is 343 g/mol. The molecule has 2 heterocycles. The minimum absolute atomic E-state index is 0.0126. The smallest absolute Gasteiger partial charge is 0.265 e. The van der Waals surface area contributed by atoms with Crippen molar-refractivity contribution in [1.29, 1.82) is 0 Å². The van der Waals surface area contributed by atoms with Crippen LogP contribution in [0.4, 0.5) is 0 Å². The SMILES string of the molecule is CC1CCN(C(=O)c2sc3cc(Cl)ccc3c2Cl)C1CO. The van der Waals surface area contributed by atoms with Crippen molar-refractivity contribution in [3.63, 3.8) is 0 Å². The molecule has 0 bridgehead atoms. The quantitative estimate of drug-likeness (QED) is 0.893. The minimum atomic E-state index is -0.123. The summed E-state index contributed by atoms with van der Waals surface area (Å²) in [7, 11) is 0. The van der Waals surface area contributed by atoms with Crippen molar-refractivity contribution >= 4 is 50.5 Å². The number of amides is 1. The summed E-state index contributed by atoms with van der Waals surface area (Å²) >= 11 is 13.7. The summed E-state index contributed by atoms with van der Waals surface area (Å²) < 4.78 is 0.906. The first-order valence-electron chi connectivity index (χ1n) is 6.82. The van der Waals surface area contributed by atoms with E-state index < -0.39 is 0 Å². The molecule has 1 amide bonds. The van der Waals surface area contributed by atoms with Gasteiger partial charge in [-0.3, -0.25) is 4.79 Å². The lowest BCUT2D eigenvalue weighted by atomic mass is 10.0. The predicted molar refractivity (Wildman–Crippen MR) is 87.5 cm³/mol. The highest BCUT2D eigenvalue weighted by Crippen LogP contribution is 2.38. The lowest BCUT2D eigenvalue weighted by Crippen LogP contribution is -2.39. The molecule has 0 aliphatic carbocycles. The van der Waals surface area contributed by atoms with Crippen molar-refractivity contribution in [3.8, 4) is 0 Å². The van der Waals surface area contributed by atoms with Crippen LogP contribution < -0.4 is 0 Å². The van der Waals surface area contributed by atoms with Crippen LogP contribution in [0.2, 0.25) is 10.0 Å². The Kier molecular flexibility index (Phi) is 4.14. The van der Waals surface area contributed by atoms with E-state index in [1.807, 2.05) is 12.1 Å². The first-order valence-corrected chi connectivity index (χ1v) is 8.39. The third-order valence-electron chi connectivity index (χ3n) is 4.12. The Bertz CT molecular complexity index is 700. The number of nitrogens with zero attached hydrogens (tertiary/aromatic N) is 1. The molecule has 0 spiro atoms. The van der Waals surface area contributed by atoms with Gasteiger partial charge in [0.05, 0.1) is 17.7 Å². The van der Waals surface area contributed by atoms with E-state index in [1.54, 1.807) is 11.0 Å². The zero-order valence-electron chi connectivity index (χ0n) is 11.5. The molecule has 1 fully saturated rings. The van der Waals surface area contributed by atoms with Gasteiger partial charge in [0.15, 0.2) is 0 Å². The molecule has 0 radical (unpaired) electrons. The van der Waals surface area contributed by atoms with E-state index in [1.165, 1.54) is 11.3 Å². The summed E-state index contributed by atoms with van der Waals surface area (Å²) in [5.41, 5.74) is 0. The van der Waals surface area contributed by atoms with Gasteiger partial charge in [-0.1, -0.05) is 36.2 Å². The van der Waals surface area contributed by atoms with E-state index in [-0.39, 0.29) is 18.6 Å². The summed E-state index contributed by atoms with van der Waals surface area (Å²) in [5.74, 6) is 0.210. The van der Waals surface area contributed by atoms with Gasteiger partial charge in [0, 0.05) is 21.7 Å². The molecule has 3 rings (SSSR count). The zero-order chi connectivity index (χ0) is 15.1. The van der Waals surface area contributed by atoms with Crippen LogP contribution in [0.1, 0.15) is 23.0 Å². The van der Waals surface area contributed by atoms with Gasteiger partial charge in [0.1, 0.15) is 4.88 Å². The summed E-state index contributed by atoms with van der Waals surface area (Å²) in [6.45, 7) is 2.71. The maximum Gasteiger partial charge on any atom is 0.265 e. The van der Waals surface area contributed by atoms with E-state index in [4.69, 9.17) is 23.2 Å². The Balaban J connectivity index is 2.00. The highest BCUT2D eigenvalue weighted by atomic mass is 35.5. The maximum absolute atomic E-state index is 12.7. The van der Waals surface area contributed by atoms with Gasteiger partial charge < -0.3 is 10.0 Å². The number of carbonyl (C=O) groups is 1. The molecule has 1 aromatic carbocycles. The fraction of sp³-hybridized carbons (Fsp3) is 0.400. The fourth-order valence-corrected chi connectivity index (χ4v) is 4.59. The molecule has 2 atom stereocenters. The van der Waals surface area contributed by atoms with Crippen LogP contribution in [-0.4, -0.2) is 35.1 Å². The number of fused-ring (bicyclic) bond motifs is 1. The first-order chi connectivity index (χ1) is 10.0. The Hall–Kier alpha value is -0.810. The molecule has 2 unspecified atom stereocenters. The molecule has 112 valence electrons. The highest BCUT2D eigenvalue weighted by molar-refractivity contribution is 7.21. The van der Waals surface area contributed by atoms with E-state index >= 15 is 0 Å². The van der Waals surface area contributed by atoms with Gasteiger partial charge in [-0.25, -0.2) is 0 Å². The molecule has 1 N–H and O–H groups in total. The molecular formula is C15H15Cl2NO2S. The molecule has 0 saturated carbocycles. The zero-order valence-corrected chi connectivity index (χ0v) is 13.8. The van der Waals surface area contributed by atoms with Gasteiger partial charge in [-0.05, 0) is 24.5 Å². The molecule has 1 aromatic heterocycles. The van der Waals surface area contributed by atoms with Crippen LogP contribution >= 0.6 is 34.5 Å². The van der Waals surface area contributed by atoms with Gasteiger partial charge in [-0.15, -0.1) is 11.3 Å². The van der Waals surface area contributed by atoms with E-state index in [2.05, 4.69) is 6.92 Å². The first kappa shape index (κ1) is 15.1. The molecule has 2 aromatic rings. The topological polar surface area (TPSA) is 40.5 Å². The molecule has 1 saturated heterocycles. The third-order valence-corrected chi connectivity index (χ3v) is 6.00. The number of benzene rings is 1. The number of hydrogen-bond acceptors (Lipinski definition) is 3. The van der Waals surface area contributed by atoms with Crippen LogP contribution in [0, 0.1) is 5.92 Å². The number of likely N-dealkylation sites (tertiary alicyclic amines) is 1. The van der Waals surface area contributed by atoms with Crippen LogP contribution in [0.5, 0.6) is 0 Å². The van der Waals surface area contributed by atoms with Crippen molar-refractivity contribution in [2.24, 2.45) is 5.92 Å². The van der Waals surface area contributed by atoms with Gasteiger partial charge >= 0.3 is 0 Å². The Labute approximate surface area is 137 Å². The molecule has 1 aliphatic heterocycles. The standard InChI is InChI=1S/C15H15Cl2NO2S/c1-8-4-5-18(11(8)7-19)15(20)14-13(17)10-3-2-9(16)6-12(10)21-14/h2-3,6,8,11,19H,4-5,7H2,1H3. The molecule has 3 nitrogen and oxygen atoms in total. The number of carbonyl (C=O) groups excluding carboxylic acids is 1. The van der Waals surface area contributed by atoms with Crippen LogP contribution in [0.25, 0.3) is 10.1 Å². The Morgan fingerprint density at radius 1 is 1.48 bits per heavy atom. The maximum atomic E-state index is 12.7. The lowest BCUT2D eigenvalue weighted by Gasteiger charge is -2.24. The van der Waals surface area contributed by atoms with Crippen LogP contribution in [0.3, 0.4) is 0 Å². The highest BCUT2D eigenvalue weighted by Gasteiger charge is 2.35. The number of hydrogen-bond donors (Lipinski definition) is 1. The largest absolute Gasteiger partial charge is 0.394 e. The van der Waals surface area contributed by atoms with Crippen LogP contribution in [0.15, 0.2) is 18.2 Å². The number of rotatable bonds is 2. The summed E-state index contributed by atoms with van der Waals surface area (Å²) in [4.78, 5) is 15.0. The van der Waals surface area contributed by atoms with Crippen molar-refractivity contribution in [2.75, 3.05) is 13.2 Å². The summed E-state index contributed by atoms with van der Waals surface area (Å²) in [6.07, 6.45) is 0.908. The number of aliphatic hydroxyl groups excluding tert-OH is 1. The van der Waals surface area contributed by atoms with Crippen molar-refractivity contribution in [2.45, 2.75) is 19.4 Å². The predicted octanol–water partition coefficient (Wildman–Crippen LogP) is 4.05. The van der Waals surface area contributed by atoms with Crippen molar-refractivity contribution < 1.29 is 9.90 Å².